The minimum absolute atomic E-state index is 0.0878. The number of fused-ring (bicyclic) bond motifs is 2. The van der Waals surface area contributed by atoms with E-state index in [9.17, 15) is 19.7 Å². The van der Waals surface area contributed by atoms with Crippen molar-refractivity contribution in [1.82, 2.24) is 9.55 Å². The molecule has 3 heterocycles. The molecule has 2 aromatic carbocycles. The Hall–Kier alpha value is -4.21. The first-order valence-corrected chi connectivity index (χ1v) is 11.4. The van der Waals surface area contributed by atoms with Crippen LogP contribution >= 0.6 is 0 Å². The Morgan fingerprint density at radius 2 is 1.91 bits per heavy atom. The average molecular weight is 476 g/mol. The number of nitrogens with zero attached hydrogens (tertiary/aromatic N) is 4. The Labute approximate surface area is 200 Å². The number of primary amides is 1. The number of nitro benzene ring substituents is 1. The molecule has 35 heavy (non-hydrogen) atoms. The largest absolute Gasteiger partial charge is 0.440 e. The van der Waals surface area contributed by atoms with E-state index in [0.29, 0.717) is 54.0 Å². The quantitative estimate of drug-likeness (QED) is 0.351. The molecule has 5 rings (SSSR count). The van der Waals surface area contributed by atoms with Gasteiger partial charge in [-0.1, -0.05) is 6.07 Å². The Kier molecular flexibility index (Phi) is 5.31. The van der Waals surface area contributed by atoms with Gasteiger partial charge in [-0.3, -0.25) is 19.7 Å². The van der Waals surface area contributed by atoms with Gasteiger partial charge in [-0.25, -0.2) is 4.98 Å². The zero-order valence-electron chi connectivity index (χ0n) is 19.7. The zero-order valence-corrected chi connectivity index (χ0v) is 19.7. The summed E-state index contributed by atoms with van der Waals surface area (Å²) in [7, 11) is 1.49. The molecule has 1 aliphatic heterocycles. The lowest BCUT2D eigenvalue weighted by molar-refractivity contribution is -0.385. The van der Waals surface area contributed by atoms with Crippen LogP contribution in [0.4, 0.5) is 11.4 Å². The van der Waals surface area contributed by atoms with E-state index in [0.717, 1.165) is 16.7 Å². The molecule has 10 nitrogen and oxygen atoms in total. The van der Waals surface area contributed by atoms with Crippen LogP contribution in [-0.4, -0.2) is 33.5 Å². The van der Waals surface area contributed by atoms with E-state index in [1.54, 1.807) is 13.0 Å². The minimum Gasteiger partial charge on any atom is -0.440 e. The first-order chi connectivity index (χ1) is 16.7. The first-order valence-electron chi connectivity index (χ1n) is 11.4. The number of hydrogen-bond donors (Lipinski definition) is 1. The number of aryl methyl sites for hydroxylation is 3. The van der Waals surface area contributed by atoms with Crippen molar-refractivity contribution in [1.29, 1.82) is 0 Å². The summed E-state index contributed by atoms with van der Waals surface area (Å²) in [5.41, 5.74) is 8.82. The Balaban J connectivity index is 1.56. The molecule has 0 unspecified atom stereocenters. The maximum Gasteiger partial charge on any atom is 0.274 e. The number of nitro groups is 1. The number of benzene rings is 2. The van der Waals surface area contributed by atoms with E-state index in [4.69, 9.17) is 10.2 Å². The minimum atomic E-state index is -0.824. The Morgan fingerprint density at radius 1 is 1.20 bits per heavy atom. The highest BCUT2D eigenvalue weighted by molar-refractivity contribution is 6.07. The molecule has 0 saturated carbocycles. The average Bonchev–Trinajstić information content (AvgIpc) is 3.24. The summed E-state index contributed by atoms with van der Waals surface area (Å²) in [6.45, 7) is 4.73. The summed E-state index contributed by atoms with van der Waals surface area (Å²) < 4.78 is 7.25. The number of carbonyl (C=O) groups excluding carboxylic acids is 1. The molecule has 1 amide bonds. The third-order valence-electron chi connectivity index (χ3n) is 6.85. The van der Waals surface area contributed by atoms with Crippen LogP contribution in [0.15, 0.2) is 39.5 Å². The number of anilines is 1. The monoisotopic (exact) mass is 475 g/mol. The molecule has 0 bridgehead atoms. The number of rotatable bonds is 4. The van der Waals surface area contributed by atoms with Crippen molar-refractivity contribution in [3.8, 4) is 0 Å². The molecule has 2 N–H and O–H groups in total. The second kappa shape index (κ2) is 8.23. The van der Waals surface area contributed by atoms with E-state index < -0.39 is 16.4 Å². The maximum absolute atomic E-state index is 13.1. The highest BCUT2D eigenvalue weighted by Gasteiger charge is 2.30. The normalized spacial score (nSPS) is 14.7. The molecule has 1 saturated heterocycles. The molecule has 1 fully saturated rings. The fourth-order valence-corrected chi connectivity index (χ4v) is 4.99. The molecule has 1 aliphatic rings. The summed E-state index contributed by atoms with van der Waals surface area (Å²) >= 11 is 0. The maximum atomic E-state index is 13.1. The van der Waals surface area contributed by atoms with Crippen LogP contribution in [0.5, 0.6) is 0 Å². The van der Waals surface area contributed by atoms with Crippen molar-refractivity contribution >= 4 is 39.3 Å². The van der Waals surface area contributed by atoms with Gasteiger partial charge in [-0.15, -0.1) is 0 Å². The van der Waals surface area contributed by atoms with Gasteiger partial charge in [0.2, 0.25) is 0 Å². The topological polar surface area (TPSA) is 138 Å². The predicted molar refractivity (Wildman–Crippen MR) is 132 cm³/mol. The molecule has 180 valence electrons. The number of carbonyl (C=O) groups is 1. The first kappa shape index (κ1) is 22.6. The van der Waals surface area contributed by atoms with Crippen molar-refractivity contribution in [3.05, 3.63) is 73.4 Å². The van der Waals surface area contributed by atoms with Crippen molar-refractivity contribution < 1.29 is 14.1 Å². The van der Waals surface area contributed by atoms with Crippen molar-refractivity contribution in [2.75, 3.05) is 18.0 Å². The van der Waals surface area contributed by atoms with Crippen LogP contribution in [0, 0.1) is 24.0 Å². The van der Waals surface area contributed by atoms with Crippen molar-refractivity contribution in [3.63, 3.8) is 0 Å². The number of oxazole rings is 1. The van der Waals surface area contributed by atoms with Crippen LogP contribution in [-0.2, 0) is 7.05 Å². The van der Waals surface area contributed by atoms with E-state index in [-0.39, 0.29) is 17.2 Å². The smallest absolute Gasteiger partial charge is 0.274 e. The second-order valence-electron chi connectivity index (χ2n) is 9.15. The van der Waals surface area contributed by atoms with Gasteiger partial charge in [0.1, 0.15) is 11.1 Å². The number of hydrogen-bond acceptors (Lipinski definition) is 7. The van der Waals surface area contributed by atoms with Gasteiger partial charge < -0.3 is 19.6 Å². The van der Waals surface area contributed by atoms with E-state index in [1.165, 1.54) is 17.7 Å². The van der Waals surface area contributed by atoms with Gasteiger partial charge in [-0.2, -0.15) is 0 Å². The van der Waals surface area contributed by atoms with Gasteiger partial charge in [0.15, 0.2) is 11.5 Å². The molecule has 0 aliphatic carbocycles. The zero-order chi connectivity index (χ0) is 25.0. The molecule has 2 aromatic heterocycles. The van der Waals surface area contributed by atoms with Crippen LogP contribution in [0.1, 0.15) is 46.1 Å². The molecule has 0 spiro atoms. The van der Waals surface area contributed by atoms with Gasteiger partial charge in [0, 0.05) is 43.1 Å². The third-order valence-corrected chi connectivity index (χ3v) is 6.85. The van der Waals surface area contributed by atoms with Crippen molar-refractivity contribution in [2.24, 2.45) is 12.8 Å². The van der Waals surface area contributed by atoms with Crippen LogP contribution in [0.3, 0.4) is 0 Å². The third kappa shape index (κ3) is 3.71. The molecule has 10 heteroatoms. The predicted octanol–water partition coefficient (Wildman–Crippen LogP) is 3.69. The molecule has 4 aromatic rings. The van der Waals surface area contributed by atoms with Crippen LogP contribution < -0.4 is 16.2 Å². The van der Waals surface area contributed by atoms with Gasteiger partial charge in [-0.05, 0) is 50.5 Å². The van der Waals surface area contributed by atoms with E-state index >= 15 is 0 Å². The molecular weight excluding hydrogens is 450 g/mol. The number of amides is 1. The lowest BCUT2D eigenvalue weighted by atomic mass is 9.94. The highest BCUT2D eigenvalue weighted by Crippen LogP contribution is 2.37. The summed E-state index contributed by atoms with van der Waals surface area (Å²) in [6, 6.07) is 8.93. The summed E-state index contributed by atoms with van der Waals surface area (Å²) in [4.78, 5) is 43.2. The number of aromatic nitrogens is 2. The molecule has 0 radical (unpaired) electrons. The number of piperidine rings is 1. The van der Waals surface area contributed by atoms with Gasteiger partial charge >= 0.3 is 0 Å². The Morgan fingerprint density at radius 3 is 2.57 bits per heavy atom. The molecule has 0 atom stereocenters. The standard InChI is InChI=1S/C25H25N5O5/c1-13-4-5-20-17(10-13)27-24(35-20)15-6-8-29(9-7-15)22-16-11-14(2)18(30(33)34)12-19(16)28(3)25(32)21(22)23(26)31/h4-5,10-12,15H,6-9H2,1-3H3,(H2,26,31). The number of pyridine rings is 1. The van der Waals surface area contributed by atoms with Crippen LogP contribution in [0.25, 0.3) is 22.0 Å². The van der Waals surface area contributed by atoms with E-state index in [1.807, 2.05) is 30.0 Å². The number of nitrogens with two attached hydrogens (primary N) is 1. The van der Waals surface area contributed by atoms with Gasteiger partial charge in [0.25, 0.3) is 17.2 Å². The summed E-state index contributed by atoms with van der Waals surface area (Å²) in [6.07, 6.45) is 1.40. The van der Waals surface area contributed by atoms with Gasteiger partial charge in [0.05, 0.1) is 16.1 Å². The van der Waals surface area contributed by atoms with Crippen molar-refractivity contribution in [2.45, 2.75) is 32.6 Å². The fourth-order valence-electron chi connectivity index (χ4n) is 4.99. The molecular formula is C25H25N5O5. The Bertz CT molecular complexity index is 1580. The lowest BCUT2D eigenvalue weighted by Gasteiger charge is -2.34. The summed E-state index contributed by atoms with van der Waals surface area (Å²) in [5.74, 6) is -0.0488. The lowest BCUT2D eigenvalue weighted by Crippen LogP contribution is -2.38. The van der Waals surface area contributed by atoms with E-state index in [2.05, 4.69) is 4.98 Å². The fraction of sp³-hybridized carbons (Fsp3) is 0.320. The second-order valence-corrected chi connectivity index (χ2v) is 9.15. The summed E-state index contributed by atoms with van der Waals surface area (Å²) in [5, 5.41) is 12.1. The van der Waals surface area contributed by atoms with Crippen LogP contribution in [0.2, 0.25) is 0 Å². The SMILES string of the molecule is Cc1ccc2oc(C3CCN(c4c(C(N)=O)c(=O)n(C)c5cc([N+](=O)[O-])c(C)cc45)CC3)nc2c1. The highest BCUT2D eigenvalue weighted by atomic mass is 16.6.